The lowest BCUT2D eigenvalue weighted by Crippen LogP contribution is -2.45. The average molecular weight is 184 g/mol. The summed E-state index contributed by atoms with van der Waals surface area (Å²) < 4.78 is 0. The maximum Gasteiger partial charge on any atom is 0.219 e. The van der Waals surface area contributed by atoms with E-state index < -0.39 is 0 Å². The Labute approximate surface area is 78.3 Å². The van der Waals surface area contributed by atoms with E-state index in [1.54, 1.807) is 6.92 Å². The third-order valence-corrected chi connectivity index (χ3v) is 2.35. The van der Waals surface area contributed by atoms with E-state index in [1.807, 2.05) is 4.90 Å². The van der Waals surface area contributed by atoms with Crippen molar-refractivity contribution in [2.45, 2.75) is 32.7 Å². The second kappa shape index (κ2) is 4.25. The number of hydrogen-bond acceptors (Lipinski definition) is 2. The Hall–Kier alpha value is -1.06. The molecule has 0 radical (unpaired) electrons. The molecule has 2 amide bonds. The van der Waals surface area contributed by atoms with Gasteiger partial charge in [0.2, 0.25) is 11.8 Å². The normalized spacial score (nSPS) is 18.5. The van der Waals surface area contributed by atoms with Gasteiger partial charge in [-0.15, -0.1) is 0 Å². The van der Waals surface area contributed by atoms with Crippen LogP contribution in [0, 0.1) is 0 Å². The van der Waals surface area contributed by atoms with Crippen LogP contribution in [0.15, 0.2) is 0 Å². The first-order chi connectivity index (χ1) is 6.09. The fraction of sp³-hybridized carbons (Fsp3) is 0.778. The summed E-state index contributed by atoms with van der Waals surface area (Å²) in [5.41, 5.74) is 0. The molecule has 0 aliphatic carbocycles. The fourth-order valence-corrected chi connectivity index (χ4v) is 1.63. The zero-order valence-corrected chi connectivity index (χ0v) is 8.17. The van der Waals surface area contributed by atoms with E-state index in [2.05, 4.69) is 5.32 Å². The molecule has 4 heteroatoms. The third kappa shape index (κ3) is 3.05. The van der Waals surface area contributed by atoms with Crippen molar-refractivity contribution in [3.05, 3.63) is 0 Å². The first kappa shape index (κ1) is 10.0. The summed E-state index contributed by atoms with van der Waals surface area (Å²) in [5.74, 6) is 0.141. The lowest BCUT2D eigenvalue weighted by Gasteiger charge is -2.31. The van der Waals surface area contributed by atoms with E-state index in [0.29, 0.717) is 0 Å². The molecule has 1 fully saturated rings. The molecule has 1 rings (SSSR count). The maximum atomic E-state index is 11.0. The van der Waals surface area contributed by atoms with Crippen LogP contribution in [0.3, 0.4) is 0 Å². The van der Waals surface area contributed by atoms with Crippen LogP contribution >= 0.6 is 0 Å². The van der Waals surface area contributed by atoms with Crippen molar-refractivity contribution in [3.8, 4) is 0 Å². The van der Waals surface area contributed by atoms with Crippen molar-refractivity contribution in [2.75, 3.05) is 13.1 Å². The molecule has 0 spiro atoms. The smallest absolute Gasteiger partial charge is 0.219 e. The Morgan fingerprint density at radius 1 is 1.23 bits per heavy atom. The summed E-state index contributed by atoms with van der Waals surface area (Å²) in [4.78, 5) is 23.5. The largest absolute Gasteiger partial charge is 0.353 e. The van der Waals surface area contributed by atoms with E-state index >= 15 is 0 Å². The molecule has 1 N–H and O–H groups in total. The zero-order valence-electron chi connectivity index (χ0n) is 8.17. The third-order valence-electron chi connectivity index (χ3n) is 2.35. The number of carbonyl (C=O) groups excluding carboxylic acids is 2. The first-order valence-electron chi connectivity index (χ1n) is 4.62. The second-order valence-corrected chi connectivity index (χ2v) is 3.48. The number of likely N-dealkylation sites (tertiary alicyclic amines) is 1. The Morgan fingerprint density at radius 3 is 2.15 bits per heavy atom. The first-order valence-corrected chi connectivity index (χ1v) is 4.62. The van der Waals surface area contributed by atoms with Gasteiger partial charge in [-0.3, -0.25) is 9.59 Å². The molecule has 0 unspecified atom stereocenters. The van der Waals surface area contributed by atoms with Gasteiger partial charge in [-0.2, -0.15) is 0 Å². The molecular formula is C9H16N2O2. The molecule has 0 saturated carbocycles. The molecule has 1 aliphatic rings. The minimum absolute atomic E-state index is 0.0151. The van der Waals surface area contributed by atoms with E-state index in [9.17, 15) is 9.59 Å². The number of nitrogens with zero attached hydrogens (tertiary/aromatic N) is 1. The second-order valence-electron chi connectivity index (χ2n) is 3.48. The topological polar surface area (TPSA) is 49.4 Å². The van der Waals surface area contributed by atoms with Crippen LogP contribution in [0.2, 0.25) is 0 Å². The van der Waals surface area contributed by atoms with Crippen molar-refractivity contribution >= 4 is 11.8 Å². The average Bonchev–Trinajstić information content (AvgIpc) is 2.04. The molecule has 4 nitrogen and oxygen atoms in total. The lowest BCUT2D eigenvalue weighted by atomic mass is 10.1. The molecular weight excluding hydrogens is 168 g/mol. The van der Waals surface area contributed by atoms with E-state index in [4.69, 9.17) is 0 Å². The van der Waals surface area contributed by atoms with Gasteiger partial charge in [0.05, 0.1) is 0 Å². The number of amides is 2. The van der Waals surface area contributed by atoms with Gasteiger partial charge in [0.15, 0.2) is 0 Å². The molecule has 1 heterocycles. The van der Waals surface area contributed by atoms with E-state index in [0.717, 1.165) is 25.9 Å². The van der Waals surface area contributed by atoms with Crippen molar-refractivity contribution in [2.24, 2.45) is 0 Å². The Morgan fingerprint density at radius 2 is 1.77 bits per heavy atom. The highest BCUT2D eigenvalue weighted by molar-refractivity contribution is 5.74. The summed E-state index contributed by atoms with van der Waals surface area (Å²) in [7, 11) is 0. The Bertz CT molecular complexity index is 208. The van der Waals surface area contributed by atoms with Gasteiger partial charge in [-0.25, -0.2) is 0 Å². The standard InChI is InChI=1S/C9H16N2O2/c1-7(12)10-9-3-5-11(6-4-9)8(2)13/h9H,3-6H2,1-2H3,(H,10,12). The highest BCUT2D eigenvalue weighted by Crippen LogP contribution is 2.09. The number of nitrogens with one attached hydrogen (secondary N) is 1. The van der Waals surface area contributed by atoms with Gasteiger partial charge < -0.3 is 10.2 Å². The van der Waals surface area contributed by atoms with Crippen LogP contribution in [0.4, 0.5) is 0 Å². The molecule has 0 atom stereocenters. The molecule has 0 bridgehead atoms. The predicted octanol–water partition coefficient (Wildman–Crippen LogP) is 0.133. The fourth-order valence-electron chi connectivity index (χ4n) is 1.63. The van der Waals surface area contributed by atoms with E-state index in [1.165, 1.54) is 6.92 Å². The number of hydrogen-bond donors (Lipinski definition) is 1. The van der Waals surface area contributed by atoms with Crippen molar-refractivity contribution < 1.29 is 9.59 Å². The van der Waals surface area contributed by atoms with Crippen LogP contribution in [-0.4, -0.2) is 35.8 Å². The van der Waals surface area contributed by atoms with Gasteiger partial charge in [0.1, 0.15) is 0 Å². The minimum atomic E-state index is 0.0151. The Balaban J connectivity index is 2.30. The van der Waals surface area contributed by atoms with Gasteiger partial charge in [0.25, 0.3) is 0 Å². The Kier molecular flexibility index (Phi) is 3.28. The maximum absolute atomic E-state index is 11.0. The monoisotopic (exact) mass is 184 g/mol. The summed E-state index contributed by atoms with van der Waals surface area (Å²) in [5, 5.41) is 2.86. The molecule has 1 aliphatic heterocycles. The zero-order chi connectivity index (χ0) is 9.84. The summed E-state index contributed by atoms with van der Waals surface area (Å²) in [6, 6.07) is 0.257. The summed E-state index contributed by atoms with van der Waals surface area (Å²) in [6.45, 7) is 4.64. The molecule has 1 saturated heterocycles. The molecule has 0 aromatic carbocycles. The highest BCUT2D eigenvalue weighted by atomic mass is 16.2. The molecule has 0 aromatic rings. The summed E-state index contributed by atoms with van der Waals surface area (Å²) in [6.07, 6.45) is 1.75. The summed E-state index contributed by atoms with van der Waals surface area (Å²) >= 11 is 0. The van der Waals surface area contributed by atoms with E-state index in [-0.39, 0.29) is 17.9 Å². The quantitative estimate of drug-likeness (QED) is 0.630. The number of rotatable bonds is 1. The van der Waals surface area contributed by atoms with Crippen LogP contribution in [-0.2, 0) is 9.59 Å². The molecule has 13 heavy (non-hydrogen) atoms. The van der Waals surface area contributed by atoms with Crippen molar-refractivity contribution in [1.82, 2.24) is 10.2 Å². The van der Waals surface area contributed by atoms with Crippen molar-refractivity contribution in [1.29, 1.82) is 0 Å². The SMILES string of the molecule is CC(=O)NC1CCN(C(C)=O)CC1. The van der Waals surface area contributed by atoms with Gasteiger partial charge in [0, 0.05) is 33.0 Å². The van der Waals surface area contributed by atoms with Gasteiger partial charge in [-0.1, -0.05) is 0 Å². The lowest BCUT2D eigenvalue weighted by molar-refractivity contribution is -0.130. The number of piperidine rings is 1. The van der Waals surface area contributed by atoms with Crippen LogP contribution in [0.25, 0.3) is 0 Å². The minimum Gasteiger partial charge on any atom is -0.353 e. The van der Waals surface area contributed by atoms with Gasteiger partial charge >= 0.3 is 0 Å². The van der Waals surface area contributed by atoms with Gasteiger partial charge in [-0.05, 0) is 12.8 Å². The predicted molar refractivity (Wildman–Crippen MR) is 49.1 cm³/mol. The number of carbonyl (C=O) groups is 2. The van der Waals surface area contributed by atoms with Crippen LogP contribution in [0.1, 0.15) is 26.7 Å². The molecule has 0 aromatic heterocycles. The van der Waals surface area contributed by atoms with Crippen molar-refractivity contribution in [3.63, 3.8) is 0 Å². The molecule has 74 valence electrons. The highest BCUT2D eigenvalue weighted by Gasteiger charge is 2.20. The van der Waals surface area contributed by atoms with Crippen LogP contribution < -0.4 is 5.32 Å². The van der Waals surface area contributed by atoms with Crippen LogP contribution in [0.5, 0.6) is 0 Å².